The average molecular weight is 342 g/mol. The number of nitrogens with two attached hydrogens (primary N) is 1. The molecule has 1 aromatic carbocycles. The molecule has 2 N–H and O–H groups in total. The number of hydrogen-bond donors (Lipinski definition) is 1. The van der Waals surface area contributed by atoms with Gasteiger partial charge in [0.25, 0.3) is 0 Å². The molecule has 1 aliphatic heterocycles. The summed E-state index contributed by atoms with van der Waals surface area (Å²) in [7, 11) is 0. The fourth-order valence-corrected chi connectivity index (χ4v) is 2.64. The van der Waals surface area contributed by atoms with Crippen molar-refractivity contribution in [2.24, 2.45) is 15.9 Å². The van der Waals surface area contributed by atoms with Gasteiger partial charge >= 0.3 is 5.97 Å². The molecule has 0 amide bonds. The van der Waals surface area contributed by atoms with Gasteiger partial charge < -0.3 is 15.3 Å². The van der Waals surface area contributed by atoms with Gasteiger partial charge in [0.2, 0.25) is 5.71 Å². The van der Waals surface area contributed by atoms with Crippen LogP contribution in [0.5, 0.6) is 0 Å². The van der Waals surface area contributed by atoms with Crippen LogP contribution in [-0.2, 0) is 21.0 Å². The zero-order chi connectivity index (χ0) is 16.0. The summed E-state index contributed by atoms with van der Waals surface area (Å²) in [4.78, 5) is 21.4. The normalized spacial score (nSPS) is 21.0. The summed E-state index contributed by atoms with van der Waals surface area (Å²) in [6, 6.07) is 7.12. The lowest BCUT2D eigenvalue weighted by Crippen LogP contribution is -2.51. The van der Waals surface area contributed by atoms with Crippen LogP contribution < -0.4 is 5.73 Å². The van der Waals surface area contributed by atoms with E-state index in [4.69, 9.17) is 26.9 Å². The van der Waals surface area contributed by atoms with E-state index in [0.717, 1.165) is 5.56 Å². The Kier molecular flexibility index (Phi) is 5.82. The number of benzene rings is 1. The second kappa shape index (κ2) is 7.62. The summed E-state index contributed by atoms with van der Waals surface area (Å²) in [6.45, 7) is 2.12. The van der Waals surface area contributed by atoms with E-state index in [2.05, 4.69) is 10.1 Å². The van der Waals surface area contributed by atoms with Gasteiger partial charge in [0.1, 0.15) is 6.61 Å². The number of nitrogens with zero attached hydrogens (tertiary/aromatic N) is 2. The number of hydrogen-bond acceptors (Lipinski definition) is 7. The molecule has 1 aromatic rings. The number of oxime groups is 1. The second-order valence-electron chi connectivity index (χ2n) is 4.53. The van der Waals surface area contributed by atoms with Crippen LogP contribution in [0.2, 0.25) is 5.02 Å². The molecule has 0 radical (unpaired) electrons. The maximum Gasteiger partial charge on any atom is 0.360 e. The largest absolute Gasteiger partial charge is 0.461 e. The highest BCUT2D eigenvalue weighted by atomic mass is 35.5. The Morgan fingerprint density at radius 1 is 1.50 bits per heavy atom. The average Bonchev–Trinajstić information content (AvgIpc) is 2.93. The lowest BCUT2D eigenvalue weighted by molar-refractivity contribution is -0.135. The summed E-state index contributed by atoms with van der Waals surface area (Å²) in [6.07, 6.45) is 0. The van der Waals surface area contributed by atoms with E-state index in [0.29, 0.717) is 10.8 Å². The molecule has 22 heavy (non-hydrogen) atoms. The van der Waals surface area contributed by atoms with Gasteiger partial charge in [-0.1, -0.05) is 28.9 Å². The molecule has 0 saturated heterocycles. The number of halogens is 1. The third-order valence-corrected chi connectivity index (χ3v) is 3.95. The number of esters is 1. The van der Waals surface area contributed by atoms with Crippen LogP contribution in [0.3, 0.4) is 0 Å². The van der Waals surface area contributed by atoms with Crippen molar-refractivity contribution in [3.63, 3.8) is 0 Å². The minimum absolute atomic E-state index is 0.0374. The highest BCUT2D eigenvalue weighted by Gasteiger charge is 2.40. The first-order valence-electron chi connectivity index (χ1n) is 6.61. The molecule has 2 rings (SSSR count). The van der Waals surface area contributed by atoms with Crippen LogP contribution in [0, 0.1) is 0 Å². The number of carbonyl (C=O) groups is 1. The van der Waals surface area contributed by atoms with Crippen LogP contribution in [-0.4, -0.2) is 35.3 Å². The zero-order valence-corrected chi connectivity index (χ0v) is 13.6. The molecule has 0 aliphatic carbocycles. The van der Waals surface area contributed by atoms with Crippen LogP contribution >= 0.6 is 23.4 Å². The molecule has 0 saturated carbocycles. The van der Waals surface area contributed by atoms with Crippen molar-refractivity contribution in [1.82, 2.24) is 0 Å². The highest BCUT2D eigenvalue weighted by molar-refractivity contribution is 8.12. The van der Waals surface area contributed by atoms with Crippen molar-refractivity contribution in [3.05, 3.63) is 34.9 Å². The molecule has 0 fully saturated rings. The van der Waals surface area contributed by atoms with Gasteiger partial charge in [0.15, 0.2) is 5.66 Å². The molecule has 1 unspecified atom stereocenters. The maximum atomic E-state index is 12.0. The SMILES string of the molecule is CCOC(=O)/C(=N\OCc1ccc(Cl)cc1)C1(N)CSC=N1. The van der Waals surface area contributed by atoms with E-state index in [1.54, 1.807) is 24.6 Å². The van der Waals surface area contributed by atoms with E-state index in [-0.39, 0.29) is 18.9 Å². The zero-order valence-electron chi connectivity index (χ0n) is 12.0. The molecular formula is C14H16ClN3O3S. The first kappa shape index (κ1) is 16.8. The Labute approximate surface area is 137 Å². The number of aliphatic imine (C=N–C) groups is 1. The minimum Gasteiger partial charge on any atom is -0.461 e. The van der Waals surface area contributed by atoms with E-state index < -0.39 is 11.6 Å². The van der Waals surface area contributed by atoms with Gasteiger partial charge in [0.05, 0.1) is 12.2 Å². The lowest BCUT2D eigenvalue weighted by atomic mass is 10.1. The smallest absolute Gasteiger partial charge is 0.360 e. The number of ether oxygens (including phenoxy) is 1. The van der Waals surface area contributed by atoms with Crippen molar-refractivity contribution < 1.29 is 14.4 Å². The Morgan fingerprint density at radius 3 is 2.82 bits per heavy atom. The first-order chi connectivity index (χ1) is 10.5. The molecule has 118 valence electrons. The van der Waals surface area contributed by atoms with Gasteiger partial charge in [-0.15, -0.1) is 11.8 Å². The monoisotopic (exact) mass is 341 g/mol. The van der Waals surface area contributed by atoms with Crippen LogP contribution in [0.15, 0.2) is 34.4 Å². The Hall–Kier alpha value is -1.57. The van der Waals surface area contributed by atoms with Crippen molar-refractivity contribution >= 4 is 40.6 Å². The summed E-state index contributed by atoms with van der Waals surface area (Å²) < 4.78 is 4.97. The number of rotatable bonds is 6. The summed E-state index contributed by atoms with van der Waals surface area (Å²) >= 11 is 7.21. The quantitative estimate of drug-likeness (QED) is 0.487. The molecular weight excluding hydrogens is 326 g/mol. The van der Waals surface area contributed by atoms with Gasteiger partial charge in [-0.3, -0.25) is 4.99 Å². The second-order valence-corrected chi connectivity index (χ2v) is 5.80. The summed E-state index contributed by atoms with van der Waals surface area (Å²) in [5.41, 5.74) is 7.30. The fourth-order valence-electron chi connectivity index (χ4n) is 1.71. The summed E-state index contributed by atoms with van der Waals surface area (Å²) in [5.74, 6) is -0.213. The Balaban J connectivity index is 2.09. The maximum absolute atomic E-state index is 12.0. The van der Waals surface area contributed by atoms with Crippen LogP contribution in [0.4, 0.5) is 0 Å². The molecule has 8 heteroatoms. The van der Waals surface area contributed by atoms with Gasteiger partial charge in [0, 0.05) is 10.8 Å². The highest BCUT2D eigenvalue weighted by Crippen LogP contribution is 2.21. The molecule has 1 aliphatic rings. The van der Waals surface area contributed by atoms with Crippen LogP contribution in [0.25, 0.3) is 0 Å². The Morgan fingerprint density at radius 2 is 2.23 bits per heavy atom. The molecule has 0 bridgehead atoms. The minimum atomic E-state index is -1.21. The van der Waals surface area contributed by atoms with E-state index in [1.807, 2.05) is 12.1 Å². The molecule has 1 atom stereocenters. The van der Waals surface area contributed by atoms with Crippen molar-refractivity contribution in [2.75, 3.05) is 12.4 Å². The molecule has 6 nitrogen and oxygen atoms in total. The third kappa shape index (κ3) is 4.22. The van der Waals surface area contributed by atoms with Gasteiger partial charge in [-0.05, 0) is 24.6 Å². The number of thioether (sulfide) groups is 1. The van der Waals surface area contributed by atoms with Gasteiger partial charge in [-0.2, -0.15) is 0 Å². The predicted molar refractivity (Wildman–Crippen MR) is 88.2 cm³/mol. The third-order valence-electron chi connectivity index (χ3n) is 2.84. The van der Waals surface area contributed by atoms with Crippen LogP contribution in [0.1, 0.15) is 12.5 Å². The molecule has 0 spiro atoms. The lowest BCUT2D eigenvalue weighted by Gasteiger charge is -2.20. The van der Waals surface area contributed by atoms with Crippen molar-refractivity contribution in [3.8, 4) is 0 Å². The first-order valence-corrected chi connectivity index (χ1v) is 8.04. The van der Waals surface area contributed by atoms with Crippen molar-refractivity contribution in [1.29, 1.82) is 0 Å². The van der Waals surface area contributed by atoms with E-state index >= 15 is 0 Å². The van der Waals surface area contributed by atoms with Gasteiger partial charge in [-0.25, -0.2) is 4.79 Å². The van der Waals surface area contributed by atoms with E-state index in [1.165, 1.54) is 11.8 Å². The molecule has 0 aromatic heterocycles. The fraction of sp³-hybridized carbons (Fsp3) is 0.357. The standard InChI is InChI=1S/C14H16ClN3O3S/c1-2-20-13(19)12(14(16)8-22-9-17-14)18-21-7-10-3-5-11(15)6-4-10/h3-6,9H,2,7-8,16H2,1H3/b18-12+. The van der Waals surface area contributed by atoms with E-state index in [9.17, 15) is 4.79 Å². The predicted octanol–water partition coefficient (Wildman–Crippen LogP) is 2.21. The number of carbonyl (C=O) groups excluding carboxylic acids is 1. The molecule has 1 heterocycles. The topological polar surface area (TPSA) is 86.3 Å². The summed E-state index contributed by atoms with van der Waals surface area (Å²) in [5, 5.41) is 4.51. The Bertz CT molecular complexity index is 592. The van der Waals surface area contributed by atoms with Crippen molar-refractivity contribution in [2.45, 2.75) is 19.2 Å².